The molecule has 2 aromatic rings. The minimum atomic E-state index is -0.571. The molecule has 7 nitrogen and oxygen atoms in total. The number of hydrogen-bond donors (Lipinski definition) is 2. The molecule has 1 saturated heterocycles. The van der Waals surface area contributed by atoms with E-state index >= 15 is 0 Å². The average Bonchev–Trinajstić information content (AvgIpc) is 3.33. The van der Waals surface area contributed by atoms with Gasteiger partial charge >= 0.3 is 0 Å². The number of thiophene rings is 1. The molecule has 0 radical (unpaired) electrons. The van der Waals surface area contributed by atoms with Gasteiger partial charge in [0.25, 0.3) is 0 Å². The van der Waals surface area contributed by atoms with E-state index in [1.54, 1.807) is 35.9 Å². The van der Waals surface area contributed by atoms with Crippen LogP contribution in [0, 0.1) is 0 Å². The standard InChI is InChI=1S/C27H33FN4O3S/c1-31(14-22(34)15-35-23-8-6-21(33)7-9-23)20-10-12-32(13-11-20)26-25-24(16-36-27(25)30-17-29-26)18-2-4-19(28)5-3-18/h2,4,6-8,16-17,20,22-23,33-34H,3,5,9-15H2,1H3. The summed E-state index contributed by atoms with van der Waals surface area (Å²) in [5.74, 6) is 1.15. The van der Waals surface area contributed by atoms with Crippen LogP contribution in [0.25, 0.3) is 15.8 Å². The lowest BCUT2D eigenvalue weighted by molar-refractivity contribution is -0.00802. The van der Waals surface area contributed by atoms with Crippen LogP contribution in [-0.4, -0.2) is 76.6 Å². The molecular weight excluding hydrogens is 479 g/mol. The second kappa shape index (κ2) is 11.2. The highest BCUT2D eigenvalue weighted by Crippen LogP contribution is 2.39. The predicted octanol–water partition coefficient (Wildman–Crippen LogP) is 4.77. The Labute approximate surface area is 214 Å². The number of fused-ring (bicyclic) bond motifs is 1. The van der Waals surface area contributed by atoms with Gasteiger partial charge in [-0.3, -0.25) is 0 Å². The van der Waals surface area contributed by atoms with Gasteiger partial charge in [-0.25, -0.2) is 14.4 Å². The van der Waals surface area contributed by atoms with Crippen LogP contribution >= 0.6 is 11.3 Å². The largest absolute Gasteiger partial charge is 0.508 e. The van der Waals surface area contributed by atoms with Crippen molar-refractivity contribution in [1.29, 1.82) is 0 Å². The van der Waals surface area contributed by atoms with Crippen molar-refractivity contribution in [2.45, 2.75) is 50.4 Å². The summed E-state index contributed by atoms with van der Waals surface area (Å²) in [6, 6.07) is 0.374. The van der Waals surface area contributed by atoms with Gasteiger partial charge < -0.3 is 24.7 Å². The van der Waals surface area contributed by atoms with Gasteiger partial charge in [-0.15, -0.1) is 11.3 Å². The molecule has 0 bridgehead atoms. The summed E-state index contributed by atoms with van der Waals surface area (Å²) in [6.07, 6.45) is 13.3. The normalized spacial score (nSPS) is 22.1. The number of aliphatic hydroxyl groups is 2. The number of piperidine rings is 1. The Bertz CT molecular complexity index is 1200. The average molecular weight is 513 g/mol. The van der Waals surface area contributed by atoms with Crippen molar-refractivity contribution in [2.24, 2.45) is 0 Å². The lowest BCUT2D eigenvalue weighted by Gasteiger charge is -2.38. The molecule has 2 aromatic heterocycles. The molecule has 5 rings (SSSR count). The van der Waals surface area contributed by atoms with Crippen LogP contribution in [-0.2, 0) is 4.74 Å². The van der Waals surface area contributed by atoms with Crippen LogP contribution in [0.15, 0.2) is 53.7 Å². The third-order valence-corrected chi connectivity index (χ3v) is 8.11. The smallest absolute Gasteiger partial charge is 0.141 e. The van der Waals surface area contributed by atoms with E-state index < -0.39 is 6.10 Å². The maximum Gasteiger partial charge on any atom is 0.141 e. The number of nitrogens with zero attached hydrogens (tertiary/aromatic N) is 4. The summed E-state index contributed by atoms with van der Waals surface area (Å²) in [7, 11) is 2.06. The van der Waals surface area contributed by atoms with Crippen molar-refractivity contribution < 1.29 is 19.3 Å². The molecule has 36 heavy (non-hydrogen) atoms. The molecule has 3 heterocycles. The predicted molar refractivity (Wildman–Crippen MR) is 142 cm³/mol. The number of halogens is 1. The van der Waals surface area contributed by atoms with Crippen LogP contribution < -0.4 is 4.90 Å². The first-order chi connectivity index (χ1) is 17.5. The van der Waals surface area contributed by atoms with Crippen LogP contribution in [0.5, 0.6) is 0 Å². The number of ether oxygens (including phenoxy) is 1. The van der Waals surface area contributed by atoms with E-state index in [-0.39, 0.29) is 24.3 Å². The highest BCUT2D eigenvalue weighted by atomic mass is 32.1. The van der Waals surface area contributed by atoms with Crippen molar-refractivity contribution >= 4 is 32.9 Å². The summed E-state index contributed by atoms with van der Waals surface area (Å²) in [4.78, 5) is 14.7. The van der Waals surface area contributed by atoms with E-state index in [2.05, 4.69) is 32.2 Å². The van der Waals surface area contributed by atoms with Gasteiger partial charge in [-0.1, -0.05) is 12.2 Å². The van der Waals surface area contributed by atoms with Gasteiger partial charge in [0.1, 0.15) is 28.6 Å². The highest BCUT2D eigenvalue weighted by Gasteiger charge is 2.27. The number of hydrogen-bond acceptors (Lipinski definition) is 8. The molecule has 1 fully saturated rings. The number of aromatic nitrogens is 2. The summed E-state index contributed by atoms with van der Waals surface area (Å²) >= 11 is 1.61. The molecule has 9 heteroatoms. The Kier molecular flexibility index (Phi) is 7.81. The Morgan fingerprint density at radius 3 is 2.81 bits per heavy atom. The van der Waals surface area contributed by atoms with E-state index in [1.807, 2.05) is 12.2 Å². The third-order valence-electron chi connectivity index (χ3n) is 7.22. The molecule has 0 aromatic carbocycles. The summed E-state index contributed by atoms with van der Waals surface area (Å²) < 4.78 is 19.3. The second-order valence-electron chi connectivity index (χ2n) is 9.74. The molecule has 2 aliphatic carbocycles. The van der Waals surface area contributed by atoms with E-state index in [1.165, 1.54) is 0 Å². The zero-order chi connectivity index (χ0) is 25.1. The van der Waals surface area contributed by atoms with Crippen LogP contribution in [0.1, 0.15) is 37.7 Å². The number of anilines is 1. The first kappa shape index (κ1) is 25.1. The van der Waals surface area contributed by atoms with Crippen molar-refractivity contribution in [1.82, 2.24) is 14.9 Å². The molecule has 1 aliphatic heterocycles. The molecule has 3 aliphatic rings. The molecule has 2 atom stereocenters. The van der Waals surface area contributed by atoms with Crippen molar-refractivity contribution in [3.05, 3.63) is 59.2 Å². The second-order valence-corrected chi connectivity index (χ2v) is 10.6. The quantitative estimate of drug-likeness (QED) is 0.527. The van der Waals surface area contributed by atoms with E-state index in [0.29, 0.717) is 31.8 Å². The zero-order valence-corrected chi connectivity index (χ0v) is 21.3. The van der Waals surface area contributed by atoms with Crippen molar-refractivity contribution in [2.75, 3.05) is 38.2 Å². The summed E-state index contributed by atoms with van der Waals surface area (Å²) in [6.45, 7) is 2.56. The van der Waals surface area contributed by atoms with Crippen molar-refractivity contribution in [3.63, 3.8) is 0 Å². The molecule has 0 saturated carbocycles. The number of allylic oxidation sites excluding steroid dienone is 5. The third kappa shape index (κ3) is 5.70. The maximum absolute atomic E-state index is 13.6. The Morgan fingerprint density at radius 1 is 1.25 bits per heavy atom. The summed E-state index contributed by atoms with van der Waals surface area (Å²) in [5, 5.41) is 23.1. The maximum atomic E-state index is 13.6. The fraction of sp³-hybridized carbons (Fsp3) is 0.481. The van der Waals surface area contributed by atoms with E-state index in [0.717, 1.165) is 53.1 Å². The number of rotatable bonds is 8. The van der Waals surface area contributed by atoms with Crippen LogP contribution in [0.2, 0.25) is 0 Å². The minimum absolute atomic E-state index is 0.0686. The first-order valence-electron chi connectivity index (χ1n) is 12.6. The Morgan fingerprint density at radius 2 is 2.08 bits per heavy atom. The topological polar surface area (TPSA) is 82.0 Å². The molecule has 2 N–H and O–H groups in total. The van der Waals surface area contributed by atoms with Gasteiger partial charge in [0.05, 0.1) is 24.2 Å². The SMILES string of the molecule is CN(CC(O)COC1C=CC(O)=CC1)C1CCN(c2ncnc3scc(C4=CC=C(F)CC4)c23)CC1. The fourth-order valence-corrected chi connectivity index (χ4v) is 6.10. The van der Waals surface area contributed by atoms with Gasteiger partial charge in [0.2, 0.25) is 0 Å². The lowest BCUT2D eigenvalue weighted by Crippen LogP contribution is -2.46. The van der Waals surface area contributed by atoms with E-state index in [4.69, 9.17) is 4.74 Å². The Balaban J connectivity index is 1.18. The molecule has 2 unspecified atom stereocenters. The van der Waals surface area contributed by atoms with E-state index in [9.17, 15) is 14.6 Å². The molecule has 0 amide bonds. The monoisotopic (exact) mass is 512 g/mol. The molecule has 192 valence electrons. The van der Waals surface area contributed by atoms with Gasteiger partial charge in [-0.05, 0) is 56.5 Å². The number of aliphatic hydroxyl groups excluding tert-OH is 2. The van der Waals surface area contributed by atoms with Crippen molar-refractivity contribution in [3.8, 4) is 0 Å². The van der Waals surface area contributed by atoms with Gasteiger partial charge in [0, 0.05) is 43.0 Å². The Hall–Kier alpha value is -2.59. The minimum Gasteiger partial charge on any atom is -0.508 e. The fourth-order valence-electron chi connectivity index (χ4n) is 5.17. The lowest BCUT2D eigenvalue weighted by atomic mass is 9.96. The molecule has 0 spiro atoms. The molecular formula is C27H33FN4O3S. The highest BCUT2D eigenvalue weighted by molar-refractivity contribution is 7.17. The van der Waals surface area contributed by atoms with Gasteiger partial charge in [0.15, 0.2) is 0 Å². The number of likely N-dealkylation sites (N-methyl/N-ethyl adjacent to an activating group) is 1. The summed E-state index contributed by atoms with van der Waals surface area (Å²) in [5.41, 5.74) is 2.26. The van der Waals surface area contributed by atoms with Crippen LogP contribution in [0.3, 0.4) is 0 Å². The van der Waals surface area contributed by atoms with Gasteiger partial charge in [-0.2, -0.15) is 0 Å². The zero-order valence-electron chi connectivity index (χ0n) is 20.5. The van der Waals surface area contributed by atoms with Crippen LogP contribution in [0.4, 0.5) is 10.2 Å². The first-order valence-corrected chi connectivity index (χ1v) is 13.5.